The van der Waals surface area contributed by atoms with Gasteiger partial charge in [0.15, 0.2) is 0 Å². The van der Waals surface area contributed by atoms with E-state index in [0.29, 0.717) is 6.42 Å². The number of nitrogens with zero attached hydrogens (tertiary/aromatic N) is 4. The van der Waals surface area contributed by atoms with Crippen molar-refractivity contribution in [1.82, 2.24) is 19.4 Å². The molecule has 1 unspecified atom stereocenters. The SMILES string of the molecule is Cc1nccn1C(C)CC(=O)N1CCN(C2CCSCC2)CC1. The van der Waals surface area contributed by atoms with Crippen LogP contribution >= 0.6 is 11.8 Å². The summed E-state index contributed by atoms with van der Waals surface area (Å²) in [5, 5.41) is 0. The quantitative estimate of drug-likeness (QED) is 0.845. The Labute approximate surface area is 143 Å². The van der Waals surface area contributed by atoms with E-state index < -0.39 is 0 Å². The van der Waals surface area contributed by atoms with Gasteiger partial charge in [-0.15, -0.1) is 0 Å². The summed E-state index contributed by atoms with van der Waals surface area (Å²) in [4.78, 5) is 21.5. The lowest BCUT2D eigenvalue weighted by atomic mass is 10.1. The Hall–Kier alpha value is -1.01. The molecule has 128 valence electrons. The lowest BCUT2D eigenvalue weighted by Gasteiger charge is -2.40. The van der Waals surface area contributed by atoms with Crippen LogP contribution in [0.1, 0.15) is 38.1 Å². The standard InChI is InChI=1S/C17H28N4OS/c1-14(21-6-5-18-15(21)2)13-17(22)20-9-7-19(8-10-20)16-3-11-23-12-4-16/h5-6,14,16H,3-4,7-13H2,1-2H3. The van der Waals surface area contributed by atoms with E-state index in [1.807, 2.05) is 13.1 Å². The average Bonchev–Trinajstić information content (AvgIpc) is 3.02. The topological polar surface area (TPSA) is 41.4 Å². The van der Waals surface area contributed by atoms with Crippen LogP contribution in [0.3, 0.4) is 0 Å². The maximum Gasteiger partial charge on any atom is 0.224 e. The van der Waals surface area contributed by atoms with Gasteiger partial charge in [-0.05, 0) is 38.2 Å². The van der Waals surface area contributed by atoms with Gasteiger partial charge >= 0.3 is 0 Å². The van der Waals surface area contributed by atoms with Gasteiger partial charge in [0.25, 0.3) is 0 Å². The highest BCUT2D eigenvalue weighted by Crippen LogP contribution is 2.23. The molecule has 0 aliphatic carbocycles. The van der Waals surface area contributed by atoms with Crippen molar-refractivity contribution in [3.8, 4) is 0 Å². The van der Waals surface area contributed by atoms with Crippen LogP contribution in [0.15, 0.2) is 12.4 Å². The van der Waals surface area contributed by atoms with Crippen molar-refractivity contribution >= 4 is 17.7 Å². The largest absolute Gasteiger partial charge is 0.340 e. The van der Waals surface area contributed by atoms with Crippen LogP contribution in [-0.2, 0) is 4.79 Å². The maximum absolute atomic E-state index is 12.6. The molecule has 0 radical (unpaired) electrons. The second kappa shape index (κ2) is 7.71. The Morgan fingerprint density at radius 2 is 2.00 bits per heavy atom. The van der Waals surface area contributed by atoms with Gasteiger partial charge in [-0.2, -0.15) is 11.8 Å². The van der Waals surface area contributed by atoms with Crippen LogP contribution in [0.25, 0.3) is 0 Å². The third kappa shape index (κ3) is 4.10. The smallest absolute Gasteiger partial charge is 0.224 e. The van der Waals surface area contributed by atoms with Gasteiger partial charge in [-0.25, -0.2) is 4.98 Å². The Morgan fingerprint density at radius 1 is 1.30 bits per heavy atom. The molecule has 0 aromatic carbocycles. The van der Waals surface area contributed by atoms with E-state index in [1.54, 1.807) is 6.20 Å². The summed E-state index contributed by atoms with van der Waals surface area (Å²) in [6.07, 6.45) is 6.96. The molecule has 2 aliphatic rings. The highest BCUT2D eigenvalue weighted by molar-refractivity contribution is 7.99. The number of amides is 1. The second-order valence-electron chi connectivity index (χ2n) is 6.70. The minimum atomic E-state index is 0.179. The Kier molecular flexibility index (Phi) is 5.64. The normalized spacial score (nSPS) is 22.3. The van der Waals surface area contributed by atoms with Crippen LogP contribution in [0.4, 0.5) is 0 Å². The van der Waals surface area contributed by atoms with Crippen LogP contribution in [0.5, 0.6) is 0 Å². The Balaban J connectivity index is 1.47. The summed E-state index contributed by atoms with van der Waals surface area (Å²) in [7, 11) is 0. The van der Waals surface area contributed by atoms with E-state index >= 15 is 0 Å². The fourth-order valence-corrected chi connectivity index (χ4v) is 4.80. The number of aromatic nitrogens is 2. The number of thioether (sulfide) groups is 1. The molecule has 6 heteroatoms. The summed E-state index contributed by atoms with van der Waals surface area (Å²) >= 11 is 2.08. The molecule has 0 spiro atoms. The zero-order chi connectivity index (χ0) is 16.2. The van der Waals surface area contributed by atoms with Gasteiger partial charge in [0, 0.05) is 57.1 Å². The fourth-order valence-electron chi connectivity index (χ4n) is 3.72. The summed E-state index contributed by atoms with van der Waals surface area (Å²) in [5.41, 5.74) is 0. The first-order valence-corrected chi connectivity index (χ1v) is 9.89. The molecule has 1 atom stereocenters. The first kappa shape index (κ1) is 16.8. The van der Waals surface area contributed by atoms with Gasteiger partial charge in [0.2, 0.25) is 5.91 Å². The molecule has 1 aromatic heterocycles. The minimum absolute atomic E-state index is 0.179. The minimum Gasteiger partial charge on any atom is -0.340 e. The number of hydrogen-bond acceptors (Lipinski definition) is 4. The number of imidazole rings is 1. The first-order chi connectivity index (χ1) is 11.1. The lowest BCUT2D eigenvalue weighted by Crippen LogP contribution is -2.52. The van der Waals surface area contributed by atoms with E-state index in [9.17, 15) is 4.79 Å². The number of aryl methyl sites for hydroxylation is 1. The van der Waals surface area contributed by atoms with E-state index in [4.69, 9.17) is 0 Å². The monoisotopic (exact) mass is 336 g/mol. The van der Waals surface area contributed by atoms with E-state index in [1.165, 1.54) is 24.3 Å². The molecule has 2 aliphatic heterocycles. The molecule has 23 heavy (non-hydrogen) atoms. The van der Waals surface area contributed by atoms with Crippen LogP contribution in [0.2, 0.25) is 0 Å². The number of rotatable bonds is 4. The third-order valence-corrected chi connectivity index (χ3v) is 6.23. The number of piperazine rings is 1. The zero-order valence-electron chi connectivity index (χ0n) is 14.3. The van der Waals surface area contributed by atoms with Gasteiger partial charge in [0.05, 0.1) is 0 Å². The molecular formula is C17H28N4OS. The van der Waals surface area contributed by atoms with Crippen molar-refractivity contribution < 1.29 is 4.79 Å². The Morgan fingerprint density at radius 3 is 2.61 bits per heavy atom. The van der Waals surface area contributed by atoms with Gasteiger partial charge in [0.1, 0.15) is 5.82 Å². The molecule has 0 N–H and O–H groups in total. The van der Waals surface area contributed by atoms with E-state index in [0.717, 1.165) is 38.0 Å². The summed E-state index contributed by atoms with van der Waals surface area (Å²) in [6.45, 7) is 7.94. The maximum atomic E-state index is 12.6. The lowest BCUT2D eigenvalue weighted by molar-refractivity contribution is -0.134. The van der Waals surface area contributed by atoms with Crippen molar-refractivity contribution in [1.29, 1.82) is 0 Å². The average molecular weight is 337 g/mol. The molecule has 2 saturated heterocycles. The third-order valence-electron chi connectivity index (χ3n) is 5.18. The number of carbonyl (C=O) groups excluding carboxylic acids is 1. The van der Waals surface area contributed by atoms with Gasteiger partial charge < -0.3 is 9.47 Å². The zero-order valence-corrected chi connectivity index (χ0v) is 15.1. The molecular weight excluding hydrogens is 308 g/mol. The van der Waals surface area contributed by atoms with Gasteiger partial charge in [-0.1, -0.05) is 0 Å². The van der Waals surface area contributed by atoms with Crippen molar-refractivity contribution in [3.05, 3.63) is 18.2 Å². The fraction of sp³-hybridized carbons (Fsp3) is 0.765. The molecule has 3 rings (SSSR count). The summed E-state index contributed by atoms with van der Waals surface area (Å²) in [5.74, 6) is 3.85. The Bertz CT molecular complexity index is 518. The van der Waals surface area contributed by atoms with Crippen LogP contribution in [-0.4, -0.2) is 69.0 Å². The van der Waals surface area contributed by atoms with Crippen LogP contribution in [0, 0.1) is 6.92 Å². The molecule has 5 nitrogen and oxygen atoms in total. The number of hydrogen-bond donors (Lipinski definition) is 0. The molecule has 0 saturated carbocycles. The molecule has 2 fully saturated rings. The van der Waals surface area contributed by atoms with Crippen molar-refractivity contribution in [2.75, 3.05) is 37.7 Å². The van der Waals surface area contributed by atoms with E-state index in [2.05, 4.69) is 38.0 Å². The second-order valence-corrected chi connectivity index (χ2v) is 7.92. The molecule has 3 heterocycles. The molecule has 0 bridgehead atoms. The molecule has 1 aromatic rings. The predicted octanol–water partition coefficient (Wildman–Crippen LogP) is 2.18. The van der Waals surface area contributed by atoms with Crippen molar-refractivity contribution in [3.63, 3.8) is 0 Å². The highest BCUT2D eigenvalue weighted by atomic mass is 32.2. The van der Waals surface area contributed by atoms with Gasteiger partial charge in [-0.3, -0.25) is 9.69 Å². The predicted molar refractivity (Wildman–Crippen MR) is 94.8 cm³/mol. The molecule has 1 amide bonds. The van der Waals surface area contributed by atoms with E-state index in [-0.39, 0.29) is 11.9 Å². The van der Waals surface area contributed by atoms with Crippen LogP contribution < -0.4 is 0 Å². The van der Waals surface area contributed by atoms with Crippen molar-refractivity contribution in [2.45, 2.75) is 45.2 Å². The van der Waals surface area contributed by atoms with Crippen molar-refractivity contribution in [2.24, 2.45) is 0 Å². The summed E-state index contributed by atoms with van der Waals surface area (Å²) < 4.78 is 2.09. The number of carbonyl (C=O) groups is 1. The summed E-state index contributed by atoms with van der Waals surface area (Å²) in [6, 6.07) is 0.930. The first-order valence-electron chi connectivity index (χ1n) is 8.74. The highest BCUT2D eigenvalue weighted by Gasteiger charge is 2.27.